The van der Waals surface area contributed by atoms with Crippen LogP contribution in [0.5, 0.6) is 0 Å². The van der Waals surface area contributed by atoms with Crippen molar-refractivity contribution in [1.82, 2.24) is 0 Å². The van der Waals surface area contributed by atoms with Gasteiger partial charge in [-0.05, 0) is 0 Å². The monoisotopic (exact) mass is 254 g/mol. The Morgan fingerprint density at radius 2 is 2.06 bits per heavy atom. The van der Waals surface area contributed by atoms with Crippen LogP contribution in [0.25, 0.3) is 0 Å². The summed E-state index contributed by atoms with van der Waals surface area (Å²) in [6.45, 7) is 7.51. The number of aliphatic hydroxyl groups is 1. The molecule has 0 atom stereocenters. The Morgan fingerprint density at radius 3 is 2.67 bits per heavy atom. The molecule has 0 spiro atoms. The van der Waals surface area contributed by atoms with E-state index in [4.69, 9.17) is 14.2 Å². The maximum atomic E-state index is 11.6. The number of aliphatic hydroxyl groups excluding tert-OH is 1. The lowest BCUT2D eigenvalue weighted by atomic mass is 10.1. The van der Waals surface area contributed by atoms with Crippen LogP contribution < -0.4 is 0 Å². The minimum atomic E-state index is -1.12. The second-order valence-corrected chi connectivity index (χ2v) is 4.18. The molecule has 5 nitrogen and oxygen atoms in total. The summed E-state index contributed by atoms with van der Waals surface area (Å²) in [5.74, 6) is -2.07. The highest BCUT2D eigenvalue weighted by molar-refractivity contribution is 5.89. The fourth-order valence-corrected chi connectivity index (χ4v) is 1.35. The smallest absolute Gasteiger partial charge is 0.344 e. The van der Waals surface area contributed by atoms with Crippen LogP contribution in [0.15, 0.2) is 36.3 Å². The van der Waals surface area contributed by atoms with E-state index in [1.807, 2.05) is 0 Å². The molecular weight excluding hydrogens is 236 g/mol. The quantitative estimate of drug-likeness (QED) is 0.447. The normalized spacial score (nSPS) is 18.7. The summed E-state index contributed by atoms with van der Waals surface area (Å²) in [6.07, 6.45) is 5.34. The van der Waals surface area contributed by atoms with Gasteiger partial charge in [0.1, 0.15) is 5.57 Å². The van der Waals surface area contributed by atoms with Gasteiger partial charge in [-0.1, -0.05) is 18.2 Å². The summed E-state index contributed by atoms with van der Waals surface area (Å²) in [5.41, 5.74) is 0.106. The van der Waals surface area contributed by atoms with Crippen LogP contribution in [0.4, 0.5) is 0 Å². The predicted octanol–water partition coefficient (Wildman–Crippen LogP) is 2.21. The number of cyclic esters (lactones) is 1. The van der Waals surface area contributed by atoms with Gasteiger partial charge in [0.2, 0.25) is 0 Å². The van der Waals surface area contributed by atoms with Crippen LogP contribution in [-0.2, 0) is 19.0 Å². The van der Waals surface area contributed by atoms with Gasteiger partial charge in [-0.25, -0.2) is 4.79 Å². The lowest BCUT2D eigenvalue weighted by molar-refractivity contribution is -0.222. The van der Waals surface area contributed by atoms with Gasteiger partial charge in [0.25, 0.3) is 11.7 Å². The number of allylic oxidation sites excluding steroid dienone is 1. The summed E-state index contributed by atoms with van der Waals surface area (Å²) >= 11 is 0. The van der Waals surface area contributed by atoms with Crippen molar-refractivity contribution in [3.05, 3.63) is 36.3 Å². The maximum Gasteiger partial charge on any atom is 0.344 e. The molecule has 0 aliphatic carbocycles. The Kier molecular flexibility index (Phi) is 4.97. The van der Waals surface area contributed by atoms with Gasteiger partial charge in [0.05, 0.1) is 13.2 Å². The molecule has 18 heavy (non-hydrogen) atoms. The Hall–Kier alpha value is -1.75. The fourth-order valence-electron chi connectivity index (χ4n) is 1.35. The second kappa shape index (κ2) is 6.26. The highest BCUT2D eigenvalue weighted by atomic mass is 16.8. The van der Waals surface area contributed by atoms with E-state index in [0.717, 1.165) is 0 Å². The van der Waals surface area contributed by atoms with Gasteiger partial charge in [-0.15, -0.1) is 6.58 Å². The molecule has 1 rings (SSSR count). The van der Waals surface area contributed by atoms with Gasteiger partial charge < -0.3 is 19.3 Å². The Bertz CT molecular complexity index is 379. The van der Waals surface area contributed by atoms with E-state index in [1.165, 1.54) is 0 Å². The van der Waals surface area contributed by atoms with Gasteiger partial charge in [0.15, 0.2) is 0 Å². The Morgan fingerprint density at radius 1 is 1.33 bits per heavy atom. The Balaban J connectivity index is 2.51. The number of rotatable bonds is 6. The number of hydrogen-bond donors (Lipinski definition) is 1. The molecule has 1 aliphatic rings. The van der Waals surface area contributed by atoms with Gasteiger partial charge in [-0.3, -0.25) is 0 Å². The second-order valence-electron chi connectivity index (χ2n) is 4.18. The minimum Gasteiger partial charge on any atom is -0.481 e. The summed E-state index contributed by atoms with van der Waals surface area (Å²) in [5, 5.41) is 9.59. The van der Waals surface area contributed by atoms with Crippen LogP contribution in [-0.4, -0.2) is 30.1 Å². The van der Waals surface area contributed by atoms with E-state index in [1.54, 1.807) is 32.1 Å². The van der Waals surface area contributed by atoms with E-state index in [0.29, 0.717) is 13.2 Å². The molecule has 0 amide bonds. The number of carbonyl (C=O) groups excluding carboxylic acids is 1. The third kappa shape index (κ3) is 4.25. The van der Waals surface area contributed by atoms with Crippen molar-refractivity contribution in [3.63, 3.8) is 0 Å². The van der Waals surface area contributed by atoms with Crippen molar-refractivity contribution < 1.29 is 24.1 Å². The number of ether oxygens (including phenoxy) is 3. The molecule has 100 valence electrons. The van der Waals surface area contributed by atoms with Crippen LogP contribution in [0.3, 0.4) is 0 Å². The van der Waals surface area contributed by atoms with E-state index in [-0.39, 0.29) is 17.9 Å². The van der Waals surface area contributed by atoms with E-state index in [2.05, 4.69) is 6.58 Å². The fraction of sp³-hybridized carbons (Fsp3) is 0.462. The van der Waals surface area contributed by atoms with Gasteiger partial charge in [0, 0.05) is 20.3 Å². The molecular formula is C13H18O5. The molecule has 0 aromatic rings. The van der Waals surface area contributed by atoms with E-state index >= 15 is 0 Å². The first kappa shape index (κ1) is 14.3. The highest BCUT2D eigenvalue weighted by Crippen LogP contribution is 2.26. The molecule has 0 aromatic heterocycles. The van der Waals surface area contributed by atoms with Crippen LogP contribution in [0, 0.1) is 0 Å². The number of hydrogen-bond acceptors (Lipinski definition) is 5. The first-order valence-electron chi connectivity index (χ1n) is 5.64. The zero-order chi connectivity index (χ0) is 13.6. The summed E-state index contributed by atoms with van der Waals surface area (Å²) < 4.78 is 15.2. The zero-order valence-corrected chi connectivity index (χ0v) is 10.6. The molecule has 0 saturated carbocycles. The maximum absolute atomic E-state index is 11.6. The van der Waals surface area contributed by atoms with Crippen LogP contribution in [0.2, 0.25) is 0 Å². The summed E-state index contributed by atoms with van der Waals surface area (Å²) in [4.78, 5) is 11.6. The standard InChI is InChI=1S/C13H18O5/c1-4-8-16-9-6-5-7-10-11(14)17-13(2,3)18-12(10)15/h4-6,14H,1,7-9H2,2-3H3/b6-5+. The largest absolute Gasteiger partial charge is 0.481 e. The van der Waals surface area contributed by atoms with Crippen molar-refractivity contribution in [1.29, 1.82) is 0 Å². The highest BCUT2D eigenvalue weighted by Gasteiger charge is 2.35. The van der Waals surface area contributed by atoms with Crippen molar-refractivity contribution in [2.75, 3.05) is 13.2 Å². The molecule has 0 saturated heterocycles. The van der Waals surface area contributed by atoms with E-state index in [9.17, 15) is 9.90 Å². The van der Waals surface area contributed by atoms with Gasteiger partial charge in [-0.2, -0.15) is 0 Å². The molecule has 1 heterocycles. The summed E-state index contributed by atoms with van der Waals surface area (Å²) in [7, 11) is 0. The molecule has 0 unspecified atom stereocenters. The molecule has 0 bridgehead atoms. The first-order valence-corrected chi connectivity index (χ1v) is 5.64. The lowest BCUT2D eigenvalue weighted by Crippen LogP contribution is -2.36. The molecule has 0 aromatic carbocycles. The van der Waals surface area contributed by atoms with Crippen molar-refractivity contribution in [3.8, 4) is 0 Å². The Labute approximate surface area is 106 Å². The van der Waals surface area contributed by atoms with Gasteiger partial charge >= 0.3 is 5.97 Å². The summed E-state index contributed by atoms with van der Waals surface area (Å²) in [6, 6.07) is 0. The molecule has 1 aliphatic heterocycles. The average molecular weight is 254 g/mol. The van der Waals surface area contributed by atoms with Crippen LogP contribution >= 0.6 is 0 Å². The molecule has 5 heteroatoms. The van der Waals surface area contributed by atoms with E-state index < -0.39 is 11.8 Å². The zero-order valence-electron chi connectivity index (χ0n) is 10.6. The third-order valence-corrected chi connectivity index (χ3v) is 2.12. The molecule has 0 radical (unpaired) electrons. The SMILES string of the molecule is C=CCOC/C=C/CC1=C(O)OC(C)(C)OC1=O. The van der Waals surface area contributed by atoms with Crippen LogP contribution in [0.1, 0.15) is 20.3 Å². The number of esters is 1. The topological polar surface area (TPSA) is 65.0 Å². The predicted molar refractivity (Wildman–Crippen MR) is 65.7 cm³/mol. The number of carbonyl (C=O) groups is 1. The first-order chi connectivity index (χ1) is 8.46. The minimum absolute atomic E-state index is 0.106. The van der Waals surface area contributed by atoms with Crippen molar-refractivity contribution in [2.45, 2.75) is 26.1 Å². The average Bonchev–Trinajstić information content (AvgIpc) is 2.24. The molecule has 0 fully saturated rings. The lowest BCUT2D eigenvalue weighted by Gasteiger charge is -2.30. The van der Waals surface area contributed by atoms with Crippen molar-refractivity contribution >= 4 is 5.97 Å². The third-order valence-electron chi connectivity index (χ3n) is 2.12. The molecule has 1 N–H and O–H groups in total. The van der Waals surface area contributed by atoms with Crippen molar-refractivity contribution in [2.24, 2.45) is 0 Å².